The molecule has 2 aromatic carbocycles. The molecular weight excluding hydrogens is 355 g/mol. The van der Waals surface area contributed by atoms with Crippen LogP contribution in [0.15, 0.2) is 40.9 Å². The molecule has 3 aromatic rings. The van der Waals surface area contributed by atoms with Crippen LogP contribution in [0.4, 0.5) is 20.8 Å². The molecule has 2 heterocycles. The summed E-state index contributed by atoms with van der Waals surface area (Å²) in [5.41, 5.74) is 1.74. The summed E-state index contributed by atoms with van der Waals surface area (Å²) in [5.74, 6) is -0.528. The van der Waals surface area contributed by atoms with Crippen molar-refractivity contribution in [3.05, 3.63) is 52.3 Å². The molecule has 21 heavy (non-hydrogen) atoms. The fraction of sp³-hybridized carbons (Fsp3) is 0. The smallest absolute Gasteiger partial charge is 0.259 e. The highest BCUT2D eigenvalue weighted by molar-refractivity contribution is 9.10. The van der Waals surface area contributed by atoms with E-state index >= 15 is 0 Å². The van der Waals surface area contributed by atoms with Crippen LogP contribution in [0.2, 0.25) is 0 Å². The van der Waals surface area contributed by atoms with Gasteiger partial charge < -0.3 is 10.6 Å². The minimum absolute atomic E-state index is 0.184. The van der Waals surface area contributed by atoms with Crippen molar-refractivity contribution in [1.82, 2.24) is 0 Å². The number of hydrogen-bond donors (Lipinski definition) is 2. The third kappa shape index (κ3) is 2.02. The zero-order chi connectivity index (χ0) is 14.6. The second kappa shape index (κ2) is 4.54. The third-order valence-electron chi connectivity index (χ3n) is 3.36. The average Bonchev–Trinajstić information content (AvgIpc) is 2.72. The molecule has 3 nitrogen and oxygen atoms in total. The van der Waals surface area contributed by atoms with Gasteiger partial charge in [-0.3, -0.25) is 4.79 Å². The zero-order valence-corrected chi connectivity index (χ0v) is 12.9. The number of thiophene rings is 1. The molecule has 104 valence electrons. The van der Waals surface area contributed by atoms with Gasteiger partial charge in [-0.2, -0.15) is 0 Å². The molecule has 6 heteroatoms. The number of rotatable bonds is 0. The molecule has 1 amide bonds. The molecule has 0 saturated carbocycles. The maximum atomic E-state index is 13.4. The Morgan fingerprint density at radius 3 is 2.76 bits per heavy atom. The van der Waals surface area contributed by atoms with Crippen LogP contribution in [0.25, 0.3) is 10.1 Å². The molecule has 1 aromatic heterocycles. The van der Waals surface area contributed by atoms with E-state index in [4.69, 9.17) is 0 Å². The average molecular weight is 363 g/mol. The van der Waals surface area contributed by atoms with Gasteiger partial charge in [0.05, 0.1) is 16.9 Å². The topological polar surface area (TPSA) is 41.1 Å². The summed E-state index contributed by atoms with van der Waals surface area (Å²) in [6.07, 6.45) is 0. The minimum atomic E-state index is -0.345. The standard InChI is InChI=1S/C15H8BrFN2OS/c16-7-1-3-9-12(5-7)21-15-13(9)14(20)18-10-4-2-8(17)6-11(10)19-15/h1-6,19H,(H,18,20). The lowest BCUT2D eigenvalue weighted by atomic mass is 10.1. The number of nitrogens with one attached hydrogen (secondary N) is 2. The highest BCUT2D eigenvalue weighted by Crippen LogP contribution is 2.42. The first-order chi connectivity index (χ1) is 10.1. The molecular formula is C15H8BrFN2OS. The van der Waals surface area contributed by atoms with E-state index in [0.717, 1.165) is 19.6 Å². The monoisotopic (exact) mass is 362 g/mol. The number of carbonyl (C=O) groups excluding carboxylic acids is 1. The summed E-state index contributed by atoms with van der Waals surface area (Å²) in [5, 5.41) is 7.60. The van der Waals surface area contributed by atoms with Crippen LogP contribution in [-0.4, -0.2) is 5.91 Å². The van der Waals surface area contributed by atoms with Crippen molar-refractivity contribution in [2.75, 3.05) is 10.6 Å². The van der Waals surface area contributed by atoms with E-state index in [1.54, 1.807) is 6.07 Å². The Morgan fingerprint density at radius 2 is 1.90 bits per heavy atom. The molecule has 0 saturated heterocycles. The van der Waals surface area contributed by atoms with E-state index in [2.05, 4.69) is 26.6 Å². The Hall–Kier alpha value is -1.92. The first kappa shape index (κ1) is 12.8. The normalized spacial score (nSPS) is 13.1. The van der Waals surface area contributed by atoms with Crippen molar-refractivity contribution in [2.24, 2.45) is 0 Å². The molecule has 2 N–H and O–H groups in total. The van der Waals surface area contributed by atoms with Crippen LogP contribution in [0.3, 0.4) is 0 Å². The second-order valence-electron chi connectivity index (χ2n) is 4.72. The lowest BCUT2D eigenvalue weighted by Gasteiger charge is -2.07. The summed E-state index contributed by atoms with van der Waals surface area (Å²) >= 11 is 4.90. The summed E-state index contributed by atoms with van der Waals surface area (Å²) < 4.78 is 15.4. The number of carbonyl (C=O) groups is 1. The Labute approximate surface area is 131 Å². The third-order valence-corrected chi connectivity index (χ3v) is 4.92. The van der Waals surface area contributed by atoms with Crippen LogP contribution >= 0.6 is 27.3 Å². The first-order valence-electron chi connectivity index (χ1n) is 6.22. The molecule has 0 fully saturated rings. The van der Waals surface area contributed by atoms with Crippen LogP contribution in [-0.2, 0) is 0 Å². The van der Waals surface area contributed by atoms with Gasteiger partial charge >= 0.3 is 0 Å². The van der Waals surface area contributed by atoms with Crippen molar-refractivity contribution >= 4 is 59.6 Å². The van der Waals surface area contributed by atoms with Crippen molar-refractivity contribution in [2.45, 2.75) is 0 Å². The van der Waals surface area contributed by atoms with Crippen molar-refractivity contribution < 1.29 is 9.18 Å². The van der Waals surface area contributed by atoms with E-state index in [1.165, 1.54) is 23.5 Å². The molecule has 0 bridgehead atoms. The van der Waals surface area contributed by atoms with Crippen LogP contribution in [0.5, 0.6) is 0 Å². The van der Waals surface area contributed by atoms with E-state index in [1.807, 2.05) is 18.2 Å². The van der Waals surface area contributed by atoms with Gasteiger partial charge in [-0.05, 0) is 30.3 Å². The van der Waals surface area contributed by atoms with Gasteiger partial charge in [0.25, 0.3) is 5.91 Å². The van der Waals surface area contributed by atoms with E-state index < -0.39 is 0 Å². The van der Waals surface area contributed by atoms with E-state index in [-0.39, 0.29) is 11.7 Å². The highest BCUT2D eigenvalue weighted by Gasteiger charge is 2.24. The Morgan fingerprint density at radius 1 is 1.05 bits per heavy atom. The van der Waals surface area contributed by atoms with E-state index in [0.29, 0.717) is 16.9 Å². The van der Waals surface area contributed by atoms with Crippen molar-refractivity contribution in [3.63, 3.8) is 0 Å². The number of anilines is 3. The van der Waals surface area contributed by atoms with Crippen LogP contribution in [0, 0.1) is 5.82 Å². The summed E-state index contributed by atoms with van der Waals surface area (Å²) in [6.45, 7) is 0. The zero-order valence-electron chi connectivity index (χ0n) is 10.5. The molecule has 1 aliphatic rings. The summed E-state index contributed by atoms with van der Waals surface area (Å²) in [6, 6.07) is 10.0. The van der Waals surface area contributed by atoms with Gasteiger partial charge in [-0.25, -0.2) is 4.39 Å². The molecule has 0 aliphatic carbocycles. The number of hydrogen-bond acceptors (Lipinski definition) is 3. The molecule has 4 rings (SSSR count). The molecule has 0 unspecified atom stereocenters. The van der Waals surface area contributed by atoms with Gasteiger partial charge in [0.1, 0.15) is 10.8 Å². The Kier molecular flexibility index (Phi) is 2.77. The highest BCUT2D eigenvalue weighted by atomic mass is 79.9. The molecule has 0 spiro atoms. The van der Waals surface area contributed by atoms with Crippen molar-refractivity contribution in [1.29, 1.82) is 0 Å². The second-order valence-corrected chi connectivity index (χ2v) is 6.68. The predicted molar refractivity (Wildman–Crippen MR) is 87.2 cm³/mol. The van der Waals surface area contributed by atoms with Crippen LogP contribution in [0.1, 0.15) is 10.4 Å². The summed E-state index contributed by atoms with van der Waals surface area (Å²) in [4.78, 5) is 12.5. The first-order valence-corrected chi connectivity index (χ1v) is 7.83. The lowest BCUT2D eigenvalue weighted by Crippen LogP contribution is -2.10. The van der Waals surface area contributed by atoms with Crippen molar-refractivity contribution in [3.8, 4) is 0 Å². The maximum absolute atomic E-state index is 13.4. The quantitative estimate of drug-likeness (QED) is 0.583. The number of benzene rings is 2. The van der Waals surface area contributed by atoms with Gasteiger partial charge in [0.2, 0.25) is 0 Å². The van der Waals surface area contributed by atoms with Gasteiger partial charge in [0.15, 0.2) is 0 Å². The largest absolute Gasteiger partial charge is 0.345 e. The summed E-state index contributed by atoms with van der Waals surface area (Å²) in [7, 11) is 0. The van der Waals surface area contributed by atoms with Gasteiger partial charge in [-0.15, -0.1) is 11.3 Å². The minimum Gasteiger partial charge on any atom is -0.345 e. The molecule has 0 radical (unpaired) electrons. The van der Waals surface area contributed by atoms with Crippen LogP contribution < -0.4 is 10.6 Å². The fourth-order valence-electron chi connectivity index (χ4n) is 2.42. The number of amides is 1. The Balaban J connectivity index is 1.97. The number of halogens is 2. The molecule has 1 aliphatic heterocycles. The SMILES string of the molecule is O=C1Nc2ccc(F)cc2Nc2sc3cc(Br)ccc3c21. The Bertz CT molecular complexity index is 906. The fourth-order valence-corrected chi connectivity index (χ4v) is 4.08. The van der Waals surface area contributed by atoms with Gasteiger partial charge in [-0.1, -0.05) is 22.0 Å². The lowest BCUT2D eigenvalue weighted by molar-refractivity contribution is 0.103. The maximum Gasteiger partial charge on any atom is 0.259 e. The molecule has 0 atom stereocenters. The number of fused-ring (bicyclic) bond motifs is 4. The van der Waals surface area contributed by atoms with E-state index in [9.17, 15) is 9.18 Å². The van der Waals surface area contributed by atoms with Gasteiger partial charge in [0, 0.05) is 14.6 Å². The predicted octanol–water partition coefficient (Wildman–Crippen LogP) is 5.11.